The third-order valence-electron chi connectivity index (χ3n) is 7.31. The molecule has 0 aliphatic carbocycles. The van der Waals surface area contributed by atoms with E-state index in [0.29, 0.717) is 19.6 Å². The highest BCUT2D eigenvalue weighted by atomic mass is 19.1. The van der Waals surface area contributed by atoms with Gasteiger partial charge in [0, 0.05) is 51.7 Å². The Morgan fingerprint density at radius 2 is 1.37 bits per heavy atom. The molecule has 3 aromatic rings. The zero-order chi connectivity index (χ0) is 26.7. The summed E-state index contributed by atoms with van der Waals surface area (Å²) in [6, 6.07) is 21.2. The molecule has 1 heterocycles. The SMILES string of the molecule is COc1ccc(CNCC(O)CN2CCN(CCCC(c3ccc(F)cc3)c3ccc(F)cc3)CC2)cc1. The van der Waals surface area contributed by atoms with E-state index in [1.807, 2.05) is 48.5 Å². The predicted octanol–water partition coefficient (Wildman–Crippen LogP) is 4.65. The fourth-order valence-corrected chi connectivity index (χ4v) is 5.12. The zero-order valence-corrected chi connectivity index (χ0v) is 22.2. The lowest BCUT2D eigenvalue weighted by atomic mass is 9.87. The van der Waals surface area contributed by atoms with E-state index in [1.54, 1.807) is 7.11 Å². The number of aliphatic hydroxyl groups is 1. The van der Waals surface area contributed by atoms with Crippen molar-refractivity contribution < 1.29 is 18.6 Å². The van der Waals surface area contributed by atoms with Crippen LogP contribution in [-0.2, 0) is 6.54 Å². The minimum Gasteiger partial charge on any atom is -0.497 e. The van der Waals surface area contributed by atoms with Crippen molar-refractivity contribution in [3.8, 4) is 5.75 Å². The summed E-state index contributed by atoms with van der Waals surface area (Å²) in [5.41, 5.74) is 3.27. The van der Waals surface area contributed by atoms with Gasteiger partial charge < -0.3 is 20.1 Å². The molecule has 0 saturated carbocycles. The molecule has 4 rings (SSSR count). The van der Waals surface area contributed by atoms with Gasteiger partial charge in [0.2, 0.25) is 0 Å². The Kier molecular flexibility index (Phi) is 10.6. The highest BCUT2D eigenvalue weighted by Gasteiger charge is 2.20. The molecule has 1 unspecified atom stereocenters. The summed E-state index contributed by atoms with van der Waals surface area (Å²) in [5, 5.41) is 13.8. The number of methoxy groups -OCH3 is 1. The summed E-state index contributed by atoms with van der Waals surface area (Å²) in [7, 11) is 1.66. The third-order valence-corrected chi connectivity index (χ3v) is 7.31. The summed E-state index contributed by atoms with van der Waals surface area (Å²) in [6.07, 6.45) is 1.50. The van der Waals surface area contributed by atoms with Crippen LogP contribution in [0.1, 0.15) is 35.4 Å². The zero-order valence-electron chi connectivity index (χ0n) is 22.2. The smallest absolute Gasteiger partial charge is 0.123 e. The van der Waals surface area contributed by atoms with Gasteiger partial charge >= 0.3 is 0 Å². The highest BCUT2D eigenvalue weighted by Crippen LogP contribution is 2.30. The van der Waals surface area contributed by atoms with Crippen molar-refractivity contribution >= 4 is 0 Å². The van der Waals surface area contributed by atoms with E-state index in [-0.39, 0.29) is 17.6 Å². The molecule has 5 nitrogen and oxygen atoms in total. The number of halogens is 2. The molecule has 3 aromatic carbocycles. The minimum absolute atomic E-state index is 0.109. The maximum Gasteiger partial charge on any atom is 0.123 e. The maximum atomic E-state index is 13.5. The van der Waals surface area contributed by atoms with Crippen molar-refractivity contribution in [2.75, 3.05) is 52.9 Å². The Hall–Kier alpha value is -2.84. The Labute approximate surface area is 225 Å². The molecule has 1 aliphatic heterocycles. The fraction of sp³-hybridized carbons (Fsp3) is 0.419. The van der Waals surface area contributed by atoms with Crippen LogP contribution in [0.3, 0.4) is 0 Å². The van der Waals surface area contributed by atoms with Crippen LogP contribution in [0.4, 0.5) is 8.78 Å². The van der Waals surface area contributed by atoms with E-state index in [1.165, 1.54) is 24.3 Å². The number of hydrogen-bond donors (Lipinski definition) is 2. The normalized spacial score (nSPS) is 15.6. The lowest BCUT2D eigenvalue weighted by Crippen LogP contribution is -2.49. The van der Waals surface area contributed by atoms with E-state index < -0.39 is 6.10 Å². The van der Waals surface area contributed by atoms with Crippen molar-refractivity contribution in [3.05, 3.63) is 101 Å². The molecule has 1 atom stereocenters. The van der Waals surface area contributed by atoms with Gasteiger partial charge in [-0.15, -0.1) is 0 Å². The van der Waals surface area contributed by atoms with Crippen LogP contribution in [0, 0.1) is 11.6 Å². The molecule has 0 spiro atoms. The maximum absolute atomic E-state index is 13.5. The Morgan fingerprint density at radius 3 is 1.92 bits per heavy atom. The van der Waals surface area contributed by atoms with Gasteiger partial charge in [0.1, 0.15) is 17.4 Å². The van der Waals surface area contributed by atoms with Crippen molar-refractivity contribution in [1.82, 2.24) is 15.1 Å². The summed E-state index contributed by atoms with van der Waals surface area (Å²) in [6.45, 7) is 6.75. The van der Waals surface area contributed by atoms with E-state index in [2.05, 4.69) is 15.1 Å². The van der Waals surface area contributed by atoms with Gasteiger partial charge in [-0.3, -0.25) is 4.90 Å². The lowest BCUT2D eigenvalue weighted by molar-refractivity contribution is 0.0717. The first kappa shape index (κ1) is 28.2. The van der Waals surface area contributed by atoms with E-state index >= 15 is 0 Å². The summed E-state index contributed by atoms with van der Waals surface area (Å²) in [4.78, 5) is 4.80. The van der Waals surface area contributed by atoms with Crippen LogP contribution in [0.25, 0.3) is 0 Å². The number of nitrogens with zero attached hydrogens (tertiary/aromatic N) is 2. The molecule has 2 N–H and O–H groups in total. The Morgan fingerprint density at radius 1 is 0.816 bits per heavy atom. The average molecular weight is 524 g/mol. The topological polar surface area (TPSA) is 48.0 Å². The van der Waals surface area contributed by atoms with Gasteiger partial charge in [-0.1, -0.05) is 36.4 Å². The molecule has 204 valence electrons. The Balaban J connectivity index is 1.17. The number of nitrogens with one attached hydrogen (secondary N) is 1. The number of aliphatic hydroxyl groups excluding tert-OH is 1. The fourth-order valence-electron chi connectivity index (χ4n) is 5.12. The van der Waals surface area contributed by atoms with Crippen LogP contribution in [-0.4, -0.2) is 73.9 Å². The van der Waals surface area contributed by atoms with Gasteiger partial charge in [0.15, 0.2) is 0 Å². The quantitative estimate of drug-likeness (QED) is 0.342. The minimum atomic E-state index is -0.410. The molecule has 1 saturated heterocycles. The summed E-state index contributed by atoms with van der Waals surface area (Å²) < 4.78 is 32.2. The number of ether oxygens (including phenoxy) is 1. The monoisotopic (exact) mass is 523 g/mol. The van der Waals surface area contributed by atoms with Gasteiger partial charge in [-0.25, -0.2) is 8.78 Å². The van der Waals surface area contributed by atoms with Crippen molar-refractivity contribution in [2.24, 2.45) is 0 Å². The van der Waals surface area contributed by atoms with Gasteiger partial charge in [-0.2, -0.15) is 0 Å². The van der Waals surface area contributed by atoms with Crippen LogP contribution < -0.4 is 10.1 Å². The standard InChI is InChI=1S/C31H39F2N3O2/c1-38-30-14-4-24(5-15-30)21-34-22-29(37)23-36-19-17-35(18-20-36)16-2-3-31(25-6-10-27(32)11-7-25)26-8-12-28(33)13-9-26/h4-15,29,31,34,37H,2-3,16-23H2,1H3. The number of benzene rings is 3. The van der Waals surface area contributed by atoms with E-state index in [9.17, 15) is 13.9 Å². The molecule has 1 aliphatic rings. The third kappa shape index (κ3) is 8.60. The van der Waals surface area contributed by atoms with E-state index in [4.69, 9.17) is 4.74 Å². The predicted molar refractivity (Wildman–Crippen MR) is 147 cm³/mol. The van der Waals surface area contributed by atoms with Crippen molar-refractivity contribution in [3.63, 3.8) is 0 Å². The number of piperazine rings is 1. The van der Waals surface area contributed by atoms with Crippen molar-refractivity contribution in [1.29, 1.82) is 0 Å². The first-order valence-electron chi connectivity index (χ1n) is 13.5. The van der Waals surface area contributed by atoms with E-state index in [0.717, 1.165) is 68.0 Å². The molecular weight excluding hydrogens is 484 g/mol. The second kappa shape index (κ2) is 14.4. The molecule has 0 radical (unpaired) electrons. The second-order valence-corrected chi connectivity index (χ2v) is 10.1. The molecule has 0 amide bonds. The molecule has 38 heavy (non-hydrogen) atoms. The summed E-state index contributed by atoms with van der Waals surface area (Å²) in [5.74, 6) is 0.455. The van der Waals surface area contributed by atoms with Crippen molar-refractivity contribution in [2.45, 2.75) is 31.4 Å². The molecule has 0 bridgehead atoms. The highest BCUT2D eigenvalue weighted by molar-refractivity contribution is 5.33. The van der Waals surface area contributed by atoms with Crippen LogP contribution in [0.5, 0.6) is 5.75 Å². The molecule has 1 fully saturated rings. The molecular formula is C31H39F2N3O2. The van der Waals surface area contributed by atoms with Crippen LogP contribution in [0.2, 0.25) is 0 Å². The Bertz CT molecular complexity index is 1040. The van der Waals surface area contributed by atoms with Gasteiger partial charge in [0.25, 0.3) is 0 Å². The van der Waals surface area contributed by atoms with Crippen LogP contribution in [0.15, 0.2) is 72.8 Å². The first-order chi connectivity index (χ1) is 18.5. The number of hydrogen-bond acceptors (Lipinski definition) is 5. The molecule has 0 aromatic heterocycles. The van der Waals surface area contributed by atoms with Crippen LogP contribution >= 0.6 is 0 Å². The average Bonchev–Trinajstić information content (AvgIpc) is 2.94. The first-order valence-corrected chi connectivity index (χ1v) is 13.5. The largest absolute Gasteiger partial charge is 0.497 e. The van der Waals surface area contributed by atoms with Gasteiger partial charge in [0.05, 0.1) is 13.2 Å². The summed E-state index contributed by atoms with van der Waals surface area (Å²) >= 11 is 0. The number of β-amino-alcohol motifs (C(OH)–C–C–N with tert-alkyl or cyclic N) is 1. The second-order valence-electron chi connectivity index (χ2n) is 10.1. The molecule has 7 heteroatoms. The number of rotatable bonds is 13. The van der Waals surface area contributed by atoms with Gasteiger partial charge in [-0.05, 0) is 72.5 Å². The lowest BCUT2D eigenvalue weighted by Gasteiger charge is -2.36.